The number of para-hydroxylation sites is 1. The van der Waals surface area contributed by atoms with Crippen molar-refractivity contribution in [1.29, 1.82) is 5.26 Å². The molecule has 4 heteroatoms. The van der Waals surface area contributed by atoms with Gasteiger partial charge in [-0.1, -0.05) is 18.2 Å². The summed E-state index contributed by atoms with van der Waals surface area (Å²) in [6.45, 7) is 1.98. The van der Waals surface area contributed by atoms with Crippen LogP contribution in [0.15, 0.2) is 36.5 Å². The summed E-state index contributed by atoms with van der Waals surface area (Å²) in [5.41, 5.74) is 1.40. The van der Waals surface area contributed by atoms with Crippen LogP contribution < -0.4 is 0 Å². The lowest BCUT2D eigenvalue weighted by atomic mass is 10.0. The van der Waals surface area contributed by atoms with Gasteiger partial charge in [-0.05, 0) is 24.6 Å². The van der Waals surface area contributed by atoms with E-state index in [2.05, 4.69) is 4.98 Å². The van der Waals surface area contributed by atoms with E-state index in [1.54, 1.807) is 19.2 Å². The van der Waals surface area contributed by atoms with Gasteiger partial charge in [-0.2, -0.15) is 5.26 Å². The molecule has 0 amide bonds. The van der Waals surface area contributed by atoms with E-state index in [0.717, 1.165) is 10.9 Å². The summed E-state index contributed by atoms with van der Waals surface area (Å²) in [5.74, 6) is -1.45. The number of esters is 1. The second kappa shape index (κ2) is 5.28. The maximum Gasteiger partial charge on any atom is 0.327 e. The molecule has 18 heavy (non-hydrogen) atoms. The van der Waals surface area contributed by atoms with Gasteiger partial charge in [0, 0.05) is 11.6 Å². The van der Waals surface area contributed by atoms with Crippen LogP contribution in [0.2, 0.25) is 0 Å². The number of aromatic nitrogens is 1. The van der Waals surface area contributed by atoms with Crippen molar-refractivity contribution >= 4 is 16.9 Å². The Morgan fingerprint density at radius 3 is 3.00 bits per heavy atom. The third kappa shape index (κ3) is 2.30. The zero-order valence-electron chi connectivity index (χ0n) is 9.96. The van der Waals surface area contributed by atoms with E-state index in [-0.39, 0.29) is 6.61 Å². The third-order valence-corrected chi connectivity index (χ3v) is 2.60. The van der Waals surface area contributed by atoms with Crippen molar-refractivity contribution in [2.45, 2.75) is 12.8 Å². The number of fused-ring (bicyclic) bond motifs is 1. The quantitative estimate of drug-likeness (QED) is 0.773. The van der Waals surface area contributed by atoms with Crippen LogP contribution in [0.5, 0.6) is 0 Å². The van der Waals surface area contributed by atoms with Gasteiger partial charge < -0.3 is 4.74 Å². The van der Waals surface area contributed by atoms with Crippen molar-refractivity contribution in [3.8, 4) is 6.07 Å². The van der Waals surface area contributed by atoms with E-state index in [1.807, 2.05) is 30.3 Å². The summed E-state index contributed by atoms with van der Waals surface area (Å²) in [5, 5.41) is 9.97. The van der Waals surface area contributed by atoms with E-state index in [0.29, 0.717) is 5.56 Å². The van der Waals surface area contributed by atoms with Crippen molar-refractivity contribution in [2.24, 2.45) is 0 Å². The molecule has 4 nitrogen and oxygen atoms in total. The lowest BCUT2D eigenvalue weighted by Gasteiger charge is -2.08. The van der Waals surface area contributed by atoms with Crippen LogP contribution in [-0.2, 0) is 9.53 Å². The fraction of sp³-hybridized carbons (Fsp3) is 0.214. The zero-order valence-corrected chi connectivity index (χ0v) is 9.96. The fourth-order valence-corrected chi connectivity index (χ4v) is 1.73. The highest BCUT2D eigenvalue weighted by Crippen LogP contribution is 2.20. The molecule has 0 aliphatic rings. The van der Waals surface area contributed by atoms with Crippen LogP contribution >= 0.6 is 0 Å². The highest BCUT2D eigenvalue weighted by molar-refractivity contribution is 5.84. The normalized spacial score (nSPS) is 11.8. The minimum Gasteiger partial charge on any atom is -0.465 e. The molecule has 0 fully saturated rings. The van der Waals surface area contributed by atoms with Crippen LogP contribution in [0, 0.1) is 11.3 Å². The number of ether oxygens (including phenoxy) is 1. The van der Waals surface area contributed by atoms with E-state index in [4.69, 9.17) is 10.00 Å². The van der Waals surface area contributed by atoms with Crippen molar-refractivity contribution < 1.29 is 9.53 Å². The Bertz CT molecular complexity index is 616. The number of carbonyl (C=O) groups is 1. The number of nitriles is 1. The van der Waals surface area contributed by atoms with Crippen molar-refractivity contribution in [3.05, 3.63) is 42.1 Å². The van der Waals surface area contributed by atoms with E-state index in [9.17, 15) is 4.79 Å². The van der Waals surface area contributed by atoms with Gasteiger partial charge in [0.05, 0.1) is 18.2 Å². The molecule has 1 aromatic heterocycles. The van der Waals surface area contributed by atoms with Gasteiger partial charge in [0.1, 0.15) is 0 Å². The Morgan fingerprint density at radius 1 is 1.50 bits per heavy atom. The fourth-order valence-electron chi connectivity index (χ4n) is 1.73. The maximum absolute atomic E-state index is 11.6. The van der Waals surface area contributed by atoms with E-state index < -0.39 is 11.9 Å². The molecule has 90 valence electrons. The van der Waals surface area contributed by atoms with Gasteiger partial charge in [-0.15, -0.1) is 0 Å². The number of nitrogens with zero attached hydrogens (tertiary/aromatic N) is 2. The molecule has 1 unspecified atom stereocenters. The molecule has 0 saturated carbocycles. The molecular weight excluding hydrogens is 228 g/mol. The lowest BCUT2D eigenvalue weighted by molar-refractivity contribution is -0.143. The number of carbonyl (C=O) groups excluding carboxylic acids is 1. The van der Waals surface area contributed by atoms with Crippen LogP contribution in [0.25, 0.3) is 10.9 Å². The summed E-state index contributed by atoms with van der Waals surface area (Å²) >= 11 is 0. The van der Waals surface area contributed by atoms with Crippen LogP contribution in [0.3, 0.4) is 0 Å². The van der Waals surface area contributed by atoms with Crippen molar-refractivity contribution in [1.82, 2.24) is 4.98 Å². The van der Waals surface area contributed by atoms with Gasteiger partial charge in [-0.3, -0.25) is 9.78 Å². The molecule has 2 rings (SSSR count). The number of rotatable bonds is 3. The first-order valence-corrected chi connectivity index (χ1v) is 5.67. The molecule has 1 atom stereocenters. The molecule has 0 radical (unpaired) electrons. The Balaban J connectivity index is 2.40. The highest BCUT2D eigenvalue weighted by atomic mass is 16.5. The molecule has 0 aliphatic carbocycles. The molecule has 0 saturated heterocycles. The molecule has 2 aromatic rings. The highest BCUT2D eigenvalue weighted by Gasteiger charge is 2.22. The minimum absolute atomic E-state index is 0.262. The molecule has 0 aliphatic heterocycles. The minimum atomic E-state index is -0.915. The molecule has 0 N–H and O–H groups in total. The average Bonchev–Trinajstić information content (AvgIpc) is 2.40. The first-order chi connectivity index (χ1) is 8.76. The Kier molecular flexibility index (Phi) is 3.54. The van der Waals surface area contributed by atoms with Crippen LogP contribution in [-0.4, -0.2) is 17.6 Å². The number of pyridine rings is 1. The number of benzene rings is 1. The molecule has 1 heterocycles. The van der Waals surface area contributed by atoms with E-state index in [1.165, 1.54) is 0 Å². The SMILES string of the molecule is CCOC(=O)C(C#N)c1cnc2ccccc2c1. The van der Waals surface area contributed by atoms with Gasteiger partial charge >= 0.3 is 5.97 Å². The van der Waals surface area contributed by atoms with Crippen LogP contribution in [0.4, 0.5) is 0 Å². The number of hydrogen-bond acceptors (Lipinski definition) is 4. The van der Waals surface area contributed by atoms with Crippen molar-refractivity contribution in [3.63, 3.8) is 0 Å². The zero-order chi connectivity index (χ0) is 13.0. The first-order valence-electron chi connectivity index (χ1n) is 5.67. The number of hydrogen-bond donors (Lipinski definition) is 0. The molecular formula is C14H12N2O2. The largest absolute Gasteiger partial charge is 0.465 e. The summed E-state index contributed by atoms with van der Waals surface area (Å²) in [7, 11) is 0. The smallest absolute Gasteiger partial charge is 0.327 e. The molecule has 1 aromatic carbocycles. The van der Waals surface area contributed by atoms with Crippen LogP contribution in [0.1, 0.15) is 18.4 Å². The second-order valence-corrected chi connectivity index (χ2v) is 3.78. The molecule has 0 bridgehead atoms. The lowest BCUT2D eigenvalue weighted by Crippen LogP contribution is -2.14. The first kappa shape index (κ1) is 12.1. The predicted octanol–water partition coefficient (Wildman–Crippen LogP) is 2.41. The average molecular weight is 240 g/mol. The van der Waals surface area contributed by atoms with Gasteiger partial charge in [0.15, 0.2) is 5.92 Å². The summed E-state index contributed by atoms with van der Waals surface area (Å²) in [4.78, 5) is 15.9. The Labute approximate surface area is 105 Å². The van der Waals surface area contributed by atoms with Gasteiger partial charge in [0.2, 0.25) is 0 Å². The third-order valence-electron chi connectivity index (χ3n) is 2.60. The standard InChI is InChI=1S/C14H12N2O2/c1-2-18-14(17)12(8-15)11-7-10-5-3-4-6-13(10)16-9-11/h3-7,9,12H,2H2,1H3. The monoisotopic (exact) mass is 240 g/mol. The van der Waals surface area contributed by atoms with Crippen molar-refractivity contribution in [2.75, 3.05) is 6.61 Å². The summed E-state index contributed by atoms with van der Waals surface area (Å²) in [6, 6.07) is 11.3. The second-order valence-electron chi connectivity index (χ2n) is 3.78. The summed E-state index contributed by atoms with van der Waals surface area (Å²) < 4.78 is 4.87. The Hall–Kier alpha value is -2.41. The maximum atomic E-state index is 11.6. The molecule has 0 spiro atoms. The van der Waals surface area contributed by atoms with Gasteiger partial charge in [-0.25, -0.2) is 0 Å². The topological polar surface area (TPSA) is 63.0 Å². The summed E-state index contributed by atoms with van der Waals surface area (Å²) in [6.07, 6.45) is 1.55. The Morgan fingerprint density at radius 2 is 2.28 bits per heavy atom. The van der Waals surface area contributed by atoms with Gasteiger partial charge in [0.25, 0.3) is 0 Å². The van der Waals surface area contributed by atoms with E-state index >= 15 is 0 Å². The predicted molar refractivity (Wildman–Crippen MR) is 66.7 cm³/mol.